The van der Waals surface area contributed by atoms with Gasteiger partial charge in [0, 0.05) is 27.5 Å². The van der Waals surface area contributed by atoms with E-state index >= 15 is 0 Å². The molecule has 0 radical (unpaired) electrons. The zero-order chi connectivity index (χ0) is 16.3. The lowest BCUT2D eigenvalue weighted by Crippen LogP contribution is -2.42. The molecule has 0 aliphatic rings. The lowest BCUT2D eigenvalue weighted by molar-refractivity contribution is 0.415. The van der Waals surface area contributed by atoms with Crippen LogP contribution in [0.15, 0.2) is 28.4 Å². The van der Waals surface area contributed by atoms with Crippen molar-refractivity contribution < 1.29 is 4.74 Å². The molecule has 0 bridgehead atoms. The molecule has 2 atom stereocenters. The van der Waals surface area contributed by atoms with Crippen molar-refractivity contribution in [2.45, 2.75) is 52.6 Å². The summed E-state index contributed by atoms with van der Waals surface area (Å²) in [4.78, 5) is 15.3. The molecular formula is C18H25NO2S. The fourth-order valence-corrected chi connectivity index (χ4v) is 3.60. The monoisotopic (exact) mass is 319 g/mol. The van der Waals surface area contributed by atoms with Crippen LogP contribution in [-0.4, -0.2) is 19.2 Å². The van der Waals surface area contributed by atoms with Crippen LogP contribution in [-0.2, 0) is 0 Å². The average molecular weight is 319 g/mol. The predicted octanol–water partition coefficient (Wildman–Crippen LogP) is 4.67. The lowest BCUT2D eigenvalue weighted by atomic mass is 10.1. The van der Waals surface area contributed by atoms with Crippen molar-refractivity contribution in [2.75, 3.05) is 12.0 Å². The van der Waals surface area contributed by atoms with Crippen molar-refractivity contribution in [1.29, 1.82) is 0 Å². The van der Waals surface area contributed by atoms with E-state index in [0.717, 1.165) is 34.4 Å². The minimum atomic E-state index is 0.105. The topological polar surface area (TPSA) is 29.5 Å². The molecule has 1 aromatic heterocycles. The molecule has 3 nitrogen and oxygen atoms in total. The van der Waals surface area contributed by atoms with Gasteiger partial charge < -0.3 is 9.64 Å². The standard InChI is InChI=1S/C18H25NO2S/c1-6-12(3)19(13(4)7-2)16-11-22-17-9-8-14(21-5)10-15(17)18(16)20/h8-13H,6-7H2,1-5H3. The van der Waals surface area contributed by atoms with Crippen LogP contribution >= 0.6 is 11.3 Å². The molecule has 0 N–H and O–H groups in total. The third-order valence-electron chi connectivity index (χ3n) is 4.37. The van der Waals surface area contributed by atoms with Gasteiger partial charge in [-0.2, -0.15) is 0 Å². The summed E-state index contributed by atoms with van der Waals surface area (Å²) >= 11 is 1.62. The Morgan fingerprint density at radius 1 is 1.18 bits per heavy atom. The Kier molecular flexibility index (Phi) is 5.46. The van der Waals surface area contributed by atoms with Gasteiger partial charge in [-0.05, 0) is 44.9 Å². The summed E-state index contributed by atoms with van der Waals surface area (Å²) in [5.41, 5.74) is 0.919. The number of ether oxygens (including phenoxy) is 1. The molecule has 0 fully saturated rings. The van der Waals surface area contributed by atoms with Crippen LogP contribution in [0.4, 0.5) is 5.69 Å². The van der Waals surface area contributed by atoms with Gasteiger partial charge in [-0.25, -0.2) is 0 Å². The van der Waals surface area contributed by atoms with Gasteiger partial charge in [0.2, 0.25) is 5.43 Å². The predicted molar refractivity (Wildman–Crippen MR) is 96.6 cm³/mol. The van der Waals surface area contributed by atoms with E-state index < -0.39 is 0 Å². The molecule has 0 aliphatic carbocycles. The van der Waals surface area contributed by atoms with E-state index in [1.54, 1.807) is 18.4 Å². The van der Waals surface area contributed by atoms with Crippen molar-refractivity contribution in [3.63, 3.8) is 0 Å². The van der Waals surface area contributed by atoms with Gasteiger partial charge in [0.25, 0.3) is 0 Å². The summed E-state index contributed by atoms with van der Waals surface area (Å²) < 4.78 is 6.27. The maximum atomic E-state index is 13.0. The number of benzene rings is 1. The van der Waals surface area contributed by atoms with Crippen molar-refractivity contribution in [2.24, 2.45) is 0 Å². The van der Waals surface area contributed by atoms with Crippen LogP contribution in [0.1, 0.15) is 40.5 Å². The van der Waals surface area contributed by atoms with E-state index in [-0.39, 0.29) is 5.43 Å². The first-order chi connectivity index (χ1) is 10.5. The highest BCUT2D eigenvalue weighted by molar-refractivity contribution is 7.16. The summed E-state index contributed by atoms with van der Waals surface area (Å²) in [6.07, 6.45) is 2.04. The van der Waals surface area contributed by atoms with Crippen LogP contribution in [0, 0.1) is 0 Å². The van der Waals surface area contributed by atoms with Gasteiger partial charge in [-0.15, -0.1) is 11.3 Å². The lowest BCUT2D eigenvalue weighted by Gasteiger charge is -2.35. The Bertz CT molecular complexity index is 685. The molecule has 0 saturated heterocycles. The number of rotatable bonds is 6. The van der Waals surface area contributed by atoms with Gasteiger partial charge in [0.15, 0.2) is 0 Å². The van der Waals surface area contributed by atoms with Crippen LogP contribution in [0.2, 0.25) is 0 Å². The van der Waals surface area contributed by atoms with Crippen LogP contribution in [0.5, 0.6) is 5.75 Å². The summed E-state index contributed by atoms with van der Waals surface area (Å²) in [6, 6.07) is 6.40. The SMILES string of the molecule is CCC(C)N(c1csc2ccc(OC)cc2c1=O)C(C)CC. The minimum absolute atomic E-state index is 0.105. The highest BCUT2D eigenvalue weighted by Crippen LogP contribution is 2.27. The molecule has 1 aromatic carbocycles. The molecule has 120 valence electrons. The van der Waals surface area contributed by atoms with Crippen molar-refractivity contribution in [3.05, 3.63) is 33.8 Å². The Balaban J connectivity index is 2.62. The van der Waals surface area contributed by atoms with Gasteiger partial charge in [0.05, 0.1) is 12.8 Å². The summed E-state index contributed by atoms with van der Waals surface area (Å²) in [5.74, 6) is 0.729. The zero-order valence-corrected chi connectivity index (χ0v) is 14.9. The Labute approximate surface area is 136 Å². The molecule has 1 heterocycles. The molecule has 0 amide bonds. The highest BCUT2D eigenvalue weighted by Gasteiger charge is 2.21. The number of anilines is 1. The van der Waals surface area contributed by atoms with Gasteiger partial charge in [0.1, 0.15) is 5.75 Å². The second-order valence-electron chi connectivity index (χ2n) is 5.73. The van der Waals surface area contributed by atoms with Crippen molar-refractivity contribution in [1.82, 2.24) is 0 Å². The molecule has 4 heteroatoms. The van der Waals surface area contributed by atoms with E-state index in [9.17, 15) is 4.79 Å². The Morgan fingerprint density at radius 3 is 2.36 bits per heavy atom. The third kappa shape index (κ3) is 3.12. The molecule has 2 unspecified atom stereocenters. The number of fused-ring (bicyclic) bond motifs is 1. The molecule has 2 aromatic rings. The summed E-state index contributed by atoms with van der Waals surface area (Å²) in [5, 5.41) is 2.76. The summed E-state index contributed by atoms with van der Waals surface area (Å²) in [6.45, 7) is 8.70. The summed E-state index contributed by atoms with van der Waals surface area (Å²) in [7, 11) is 1.63. The molecule has 0 aliphatic heterocycles. The van der Waals surface area contributed by atoms with E-state index in [1.807, 2.05) is 23.6 Å². The van der Waals surface area contributed by atoms with Gasteiger partial charge >= 0.3 is 0 Å². The van der Waals surface area contributed by atoms with Gasteiger partial charge in [-0.1, -0.05) is 13.8 Å². The number of methoxy groups -OCH3 is 1. The maximum Gasteiger partial charge on any atom is 0.211 e. The van der Waals surface area contributed by atoms with Crippen LogP contribution in [0.25, 0.3) is 10.1 Å². The molecule has 22 heavy (non-hydrogen) atoms. The first-order valence-electron chi connectivity index (χ1n) is 7.91. The number of hydrogen-bond acceptors (Lipinski definition) is 4. The molecular weight excluding hydrogens is 294 g/mol. The maximum absolute atomic E-state index is 13.0. The first-order valence-corrected chi connectivity index (χ1v) is 8.79. The Hall–Kier alpha value is -1.55. The van der Waals surface area contributed by atoms with E-state index in [2.05, 4.69) is 32.6 Å². The largest absolute Gasteiger partial charge is 0.497 e. The Morgan fingerprint density at radius 2 is 1.82 bits per heavy atom. The van der Waals surface area contributed by atoms with Crippen LogP contribution in [0.3, 0.4) is 0 Å². The average Bonchev–Trinajstić information content (AvgIpc) is 2.56. The normalized spacial score (nSPS) is 13.9. The third-order valence-corrected chi connectivity index (χ3v) is 5.32. The minimum Gasteiger partial charge on any atom is -0.497 e. The molecule has 0 saturated carbocycles. The smallest absolute Gasteiger partial charge is 0.211 e. The molecule has 0 spiro atoms. The number of hydrogen-bond donors (Lipinski definition) is 0. The van der Waals surface area contributed by atoms with E-state index in [1.165, 1.54) is 0 Å². The van der Waals surface area contributed by atoms with Gasteiger partial charge in [-0.3, -0.25) is 4.79 Å². The zero-order valence-electron chi connectivity index (χ0n) is 14.1. The van der Waals surface area contributed by atoms with Crippen molar-refractivity contribution >= 4 is 27.1 Å². The first kappa shape index (κ1) is 16.8. The second kappa shape index (κ2) is 7.14. The number of nitrogens with zero attached hydrogens (tertiary/aromatic N) is 1. The van der Waals surface area contributed by atoms with E-state index in [4.69, 9.17) is 4.74 Å². The second-order valence-corrected chi connectivity index (χ2v) is 6.65. The van der Waals surface area contributed by atoms with E-state index in [0.29, 0.717) is 12.1 Å². The molecule has 2 rings (SSSR count). The quantitative estimate of drug-likeness (QED) is 0.774. The highest BCUT2D eigenvalue weighted by atomic mass is 32.1. The van der Waals surface area contributed by atoms with Crippen molar-refractivity contribution in [3.8, 4) is 5.75 Å². The fraction of sp³-hybridized carbons (Fsp3) is 0.500. The fourth-order valence-electron chi connectivity index (χ4n) is 2.71. The van der Waals surface area contributed by atoms with Crippen LogP contribution < -0.4 is 15.1 Å².